The molecular weight excluding hydrogens is 169 g/mol. The number of allylic oxidation sites excluding steroid dienone is 1. The predicted octanol–water partition coefficient (Wildman–Crippen LogP) is 2.41. The third kappa shape index (κ3) is 2.52. The first-order chi connectivity index (χ1) is 5.50. The van der Waals surface area contributed by atoms with Crippen molar-refractivity contribution in [2.24, 2.45) is 0 Å². The van der Waals surface area contributed by atoms with Gasteiger partial charge in [0.2, 0.25) is 0 Å². The minimum Gasteiger partial charge on any atom is -0.380 e. The summed E-state index contributed by atoms with van der Waals surface area (Å²) in [5.41, 5.74) is 0.736. The van der Waals surface area contributed by atoms with Crippen LogP contribution in [0.4, 0.5) is 13.2 Å². The standard InChI is InChI=1S/C8H11F3O/c9-8(10,11)7(12)5-6-3-1-2-4-6/h5,7,12H,1-4H2/t7-/m0/s1. The molecule has 1 nitrogen and oxygen atoms in total. The van der Waals surface area contributed by atoms with Crippen molar-refractivity contribution in [3.63, 3.8) is 0 Å². The summed E-state index contributed by atoms with van der Waals surface area (Å²) in [6.07, 6.45) is -2.55. The zero-order valence-electron chi connectivity index (χ0n) is 6.56. The fourth-order valence-corrected chi connectivity index (χ4v) is 1.31. The van der Waals surface area contributed by atoms with E-state index in [4.69, 9.17) is 5.11 Å². The van der Waals surface area contributed by atoms with E-state index in [1.807, 2.05) is 0 Å². The smallest absolute Gasteiger partial charge is 0.380 e. The number of halogens is 3. The molecule has 1 saturated carbocycles. The van der Waals surface area contributed by atoms with Gasteiger partial charge in [-0.25, -0.2) is 0 Å². The molecule has 1 aliphatic rings. The number of aliphatic hydroxyl groups excluding tert-OH is 1. The lowest BCUT2D eigenvalue weighted by atomic mass is 10.1. The van der Waals surface area contributed by atoms with Gasteiger partial charge in [-0.15, -0.1) is 0 Å². The van der Waals surface area contributed by atoms with Crippen LogP contribution >= 0.6 is 0 Å². The summed E-state index contributed by atoms with van der Waals surface area (Å²) < 4.78 is 35.4. The molecule has 0 aromatic heterocycles. The molecule has 0 unspecified atom stereocenters. The molecule has 0 radical (unpaired) electrons. The Hall–Kier alpha value is -0.510. The molecule has 1 N–H and O–H groups in total. The van der Waals surface area contributed by atoms with Crippen LogP contribution in [0.25, 0.3) is 0 Å². The quantitative estimate of drug-likeness (QED) is 0.614. The Labute approximate surface area is 68.9 Å². The van der Waals surface area contributed by atoms with E-state index in [9.17, 15) is 13.2 Å². The fraction of sp³-hybridized carbons (Fsp3) is 0.750. The van der Waals surface area contributed by atoms with E-state index in [-0.39, 0.29) is 0 Å². The summed E-state index contributed by atoms with van der Waals surface area (Å²) in [7, 11) is 0. The van der Waals surface area contributed by atoms with Gasteiger partial charge in [0, 0.05) is 0 Å². The van der Waals surface area contributed by atoms with Crippen LogP contribution in [0.3, 0.4) is 0 Å². The summed E-state index contributed by atoms with van der Waals surface area (Å²) in [5.74, 6) is 0. The Bertz CT molecular complexity index is 175. The minimum absolute atomic E-state index is 0.702. The van der Waals surface area contributed by atoms with Crippen LogP contribution in [-0.2, 0) is 0 Å². The summed E-state index contributed by atoms with van der Waals surface area (Å²) in [5, 5.41) is 8.64. The van der Waals surface area contributed by atoms with Crippen molar-refractivity contribution in [2.45, 2.75) is 38.0 Å². The Balaban J connectivity index is 2.54. The van der Waals surface area contributed by atoms with Crippen LogP contribution in [0.15, 0.2) is 11.6 Å². The molecule has 0 aromatic carbocycles. The van der Waals surface area contributed by atoms with E-state index in [1.54, 1.807) is 0 Å². The lowest BCUT2D eigenvalue weighted by Gasteiger charge is -2.10. The van der Waals surface area contributed by atoms with E-state index >= 15 is 0 Å². The Kier molecular flexibility index (Phi) is 2.77. The van der Waals surface area contributed by atoms with Crippen LogP contribution in [0.5, 0.6) is 0 Å². The Morgan fingerprint density at radius 1 is 1.25 bits per heavy atom. The normalized spacial score (nSPS) is 21.2. The number of hydrogen-bond donors (Lipinski definition) is 1. The zero-order chi connectivity index (χ0) is 9.19. The van der Waals surface area contributed by atoms with Gasteiger partial charge in [-0.3, -0.25) is 0 Å². The average molecular weight is 180 g/mol. The van der Waals surface area contributed by atoms with Crippen LogP contribution in [-0.4, -0.2) is 17.4 Å². The molecule has 0 bridgehead atoms. The summed E-state index contributed by atoms with van der Waals surface area (Å²) in [6.45, 7) is 0. The highest BCUT2D eigenvalue weighted by Gasteiger charge is 2.36. The first-order valence-corrected chi connectivity index (χ1v) is 3.94. The number of alkyl halides is 3. The third-order valence-corrected chi connectivity index (χ3v) is 1.97. The molecule has 0 aliphatic heterocycles. The van der Waals surface area contributed by atoms with Crippen molar-refractivity contribution >= 4 is 0 Å². The van der Waals surface area contributed by atoms with Crippen molar-refractivity contribution in [3.8, 4) is 0 Å². The fourth-order valence-electron chi connectivity index (χ4n) is 1.31. The number of rotatable bonds is 1. The predicted molar refractivity (Wildman–Crippen MR) is 38.6 cm³/mol. The SMILES string of the molecule is O[C@@H](C=C1CCCC1)C(F)(F)F. The van der Waals surface area contributed by atoms with Crippen molar-refractivity contribution in [3.05, 3.63) is 11.6 Å². The van der Waals surface area contributed by atoms with Crippen LogP contribution in [0.2, 0.25) is 0 Å². The van der Waals surface area contributed by atoms with Crippen molar-refractivity contribution < 1.29 is 18.3 Å². The summed E-state index contributed by atoms with van der Waals surface area (Å²) in [6, 6.07) is 0. The van der Waals surface area contributed by atoms with Gasteiger partial charge in [0.15, 0.2) is 6.10 Å². The Morgan fingerprint density at radius 2 is 1.75 bits per heavy atom. The molecule has 1 aliphatic carbocycles. The maximum atomic E-state index is 11.8. The van der Waals surface area contributed by atoms with Crippen molar-refractivity contribution in [1.29, 1.82) is 0 Å². The van der Waals surface area contributed by atoms with Crippen molar-refractivity contribution in [2.75, 3.05) is 0 Å². The molecule has 0 spiro atoms. The topological polar surface area (TPSA) is 20.2 Å². The molecule has 0 heterocycles. The van der Waals surface area contributed by atoms with E-state index in [0.717, 1.165) is 24.5 Å². The minimum atomic E-state index is -4.50. The average Bonchev–Trinajstić information content (AvgIpc) is 2.37. The Morgan fingerprint density at radius 3 is 2.17 bits per heavy atom. The molecule has 70 valence electrons. The molecule has 1 rings (SSSR count). The highest BCUT2D eigenvalue weighted by molar-refractivity contribution is 5.09. The second kappa shape index (κ2) is 3.47. The van der Waals surface area contributed by atoms with E-state index in [2.05, 4.69) is 0 Å². The monoisotopic (exact) mass is 180 g/mol. The molecule has 0 aromatic rings. The first-order valence-electron chi connectivity index (χ1n) is 3.94. The lowest BCUT2D eigenvalue weighted by Crippen LogP contribution is -2.26. The molecule has 4 heteroatoms. The molecule has 0 saturated heterocycles. The van der Waals surface area contributed by atoms with Crippen LogP contribution in [0.1, 0.15) is 25.7 Å². The van der Waals surface area contributed by atoms with Gasteiger partial charge in [-0.05, 0) is 31.8 Å². The van der Waals surface area contributed by atoms with E-state index in [1.165, 1.54) is 0 Å². The maximum Gasteiger partial charge on any atom is 0.417 e. The molecule has 1 fully saturated rings. The number of hydrogen-bond acceptors (Lipinski definition) is 1. The van der Waals surface area contributed by atoms with E-state index < -0.39 is 12.3 Å². The first kappa shape index (κ1) is 9.58. The molecule has 1 atom stereocenters. The van der Waals surface area contributed by atoms with Crippen LogP contribution in [0, 0.1) is 0 Å². The molecular formula is C8H11F3O. The van der Waals surface area contributed by atoms with Gasteiger partial charge in [-0.1, -0.05) is 5.57 Å². The van der Waals surface area contributed by atoms with Crippen molar-refractivity contribution in [1.82, 2.24) is 0 Å². The second-order valence-electron chi connectivity index (χ2n) is 3.02. The second-order valence-corrected chi connectivity index (χ2v) is 3.02. The van der Waals surface area contributed by atoms with Crippen LogP contribution < -0.4 is 0 Å². The van der Waals surface area contributed by atoms with Gasteiger partial charge < -0.3 is 5.11 Å². The van der Waals surface area contributed by atoms with Gasteiger partial charge in [0.05, 0.1) is 0 Å². The maximum absolute atomic E-state index is 11.8. The highest BCUT2D eigenvalue weighted by Crippen LogP contribution is 2.28. The molecule has 0 amide bonds. The van der Waals surface area contributed by atoms with E-state index in [0.29, 0.717) is 12.8 Å². The van der Waals surface area contributed by atoms with Gasteiger partial charge in [0.25, 0.3) is 0 Å². The van der Waals surface area contributed by atoms with Gasteiger partial charge >= 0.3 is 6.18 Å². The summed E-state index contributed by atoms with van der Waals surface area (Å²) >= 11 is 0. The molecule has 12 heavy (non-hydrogen) atoms. The lowest BCUT2D eigenvalue weighted by molar-refractivity contribution is -0.188. The van der Waals surface area contributed by atoms with Gasteiger partial charge in [-0.2, -0.15) is 13.2 Å². The number of aliphatic hydroxyl groups is 1. The largest absolute Gasteiger partial charge is 0.417 e. The zero-order valence-corrected chi connectivity index (χ0v) is 6.56. The summed E-state index contributed by atoms with van der Waals surface area (Å²) in [4.78, 5) is 0. The highest BCUT2D eigenvalue weighted by atomic mass is 19.4. The van der Waals surface area contributed by atoms with Gasteiger partial charge in [0.1, 0.15) is 0 Å². The third-order valence-electron chi connectivity index (χ3n) is 1.97.